The Morgan fingerprint density at radius 1 is 1.17 bits per heavy atom. The lowest BCUT2D eigenvalue weighted by atomic mass is 10.1. The van der Waals surface area contributed by atoms with Crippen molar-refractivity contribution in [3.05, 3.63) is 81.9 Å². The quantitative estimate of drug-likeness (QED) is 0.530. The second kappa shape index (κ2) is 6.88. The van der Waals surface area contributed by atoms with Gasteiger partial charge in [0.1, 0.15) is 12.4 Å². The van der Waals surface area contributed by atoms with E-state index in [2.05, 4.69) is 15.2 Å². The fourth-order valence-electron chi connectivity index (χ4n) is 2.14. The van der Waals surface area contributed by atoms with Crippen molar-refractivity contribution >= 4 is 5.69 Å². The molecular weight excluding hydrogens is 310 g/mol. The van der Waals surface area contributed by atoms with E-state index in [1.165, 1.54) is 24.3 Å². The molecule has 0 aliphatic heterocycles. The Bertz CT molecular complexity index is 817. The molecule has 3 N–H and O–H groups in total. The second-order valence-electron chi connectivity index (χ2n) is 5.07. The summed E-state index contributed by atoms with van der Waals surface area (Å²) in [6, 6.07) is 15.0. The van der Waals surface area contributed by atoms with E-state index >= 15 is 0 Å². The van der Waals surface area contributed by atoms with E-state index in [9.17, 15) is 10.1 Å². The van der Waals surface area contributed by atoms with E-state index < -0.39 is 11.0 Å². The minimum atomic E-state index is -0.461. The van der Waals surface area contributed by atoms with Crippen LogP contribution in [0, 0.1) is 10.1 Å². The van der Waals surface area contributed by atoms with Crippen LogP contribution < -0.4 is 10.5 Å². The Morgan fingerprint density at radius 3 is 2.54 bits per heavy atom. The lowest BCUT2D eigenvalue weighted by Gasteiger charge is -2.07. The van der Waals surface area contributed by atoms with Crippen molar-refractivity contribution in [2.45, 2.75) is 12.6 Å². The minimum absolute atomic E-state index is 0.0122. The Labute approximate surface area is 137 Å². The van der Waals surface area contributed by atoms with Gasteiger partial charge in [0.2, 0.25) is 0 Å². The fraction of sp³-hybridized carbons (Fsp3) is 0.125. The molecule has 3 rings (SSSR count). The first-order valence-corrected chi connectivity index (χ1v) is 7.22. The molecule has 0 saturated carbocycles. The van der Waals surface area contributed by atoms with Crippen LogP contribution in [0.15, 0.2) is 54.6 Å². The lowest BCUT2D eigenvalue weighted by molar-refractivity contribution is -0.384. The third-order valence-corrected chi connectivity index (χ3v) is 3.41. The highest BCUT2D eigenvalue weighted by atomic mass is 16.6. The Hall–Kier alpha value is -3.26. The Morgan fingerprint density at radius 2 is 1.88 bits per heavy atom. The summed E-state index contributed by atoms with van der Waals surface area (Å²) in [6.45, 7) is 0.159. The van der Waals surface area contributed by atoms with E-state index in [1.807, 2.05) is 30.3 Å². The molecule has 0 fully saturated rings. The van der Waals surface area contributed by atoms with Crippen LogP contribution in [0.1, 0.15) is 23.3 Å². The molecule has 0 spiro atoms. The lowest BCUT2D eigenvalue weighted by Crippen LogP contribution is -2.13. The monoisotopic (exact) mass is 325 g/mol. The number of nitro groups is 1. The van der Waals surface area contributed by atoms with Gasteiger partial charge >= 0.3 is 0 Å². The number of hydrogen-bond donors (Lipinski definition) is 2. The van der Waals surface area contributed by atoms with Crippen molar-refractivity contribution in [1.82, 2.24) is 15.2 Å². The van der Waals surface area contributed by atoms with Gasteiger partial charge in [-0.15, -0.1) is 0 Å². The van der Waals surface area contributed by atoms with Crippen LogP contribution in [-0.2, 0) is 6.61 Å². The maximum Gasteiger partial charge on any atom is 0.269 e. The zero-order valence-electron chi connectivity index (χ0n) is 12.6. The zero-order valence-corrected chi connectivity index (χ0v) is 12.6. The van der Waals surface area contributed by atoms with Crippen LogP contribution in [0.2, 0.25) is 0 Å². The van der Waals surface area contributed by atoms with Gasteiger partial charge in [-0.2, -0.15) is 5.10 Å². The fourth-order valence-corrected chi connectivity index (χ4v) is 2.14. The molecule has 0 amide bonds. The van der Waals surface area contributed by atoms with Crippen molar-refractivity contribution in [2.24, 2.45) is 5.73 Å². The number of rotatable bonds is 6. The average Bonchev–Trinajstić information content (AvgIpc) is 3.09. The normalized spacial score (nSPS) is 11.9. The summed E-state index contributed by atoms with van der Waals surface area (Å²) in [7, 11) is 0. The Balaban J connectivity index is 1.63. The number of benzene rings is 2. The van der Waals surface area contributed by atoms with Gasteiger partial charge in [0.25, 0.3) is 5.69 Å². The first kappa shape index (κ1) is 15.6. The largest absolute Gasteiger partial charge is 0.486 e. The molecule has 1 atom stereocenters. The summed E-state index contributed by atoms with van der Waals surface area (Å²) in [4.78, 5) is 14.5. The molecule has 8 heteroatoms. The van der Waals surface area contributed by atoms with Gasteiger partial charge in [0, 0.05) is 12.1 Å². The van der Waals surface area contributed by atoms with Crippen LogP contribution in [-0.4, -0.2) is 20.1 Å². The molecular formula is C16H15N5O3. The molecule has 0 bridgehead atoms. The number of nitrogens with two attached hydrogens (primary N) is 1. The van der Waals surface area contributed by atoms with E-state index in [0.717, 1.165) is 5.56 Å². The van der Waals surface area contributed by atoms with Gasteiger partial charge in [-0.3, -0.25) is 15.2 Å². The van der Waals surface area contributed by atoms with E-state index in [4.69, 9.17) is 10.5 Å². The maximum absolute atomic E-state index is 10.6. The molecule has 0 radical (unpaired) electrons. The van der Waals surface area contributed by atoms with Crippen molar-refractivity contribution in [1.29, 1.82) is 0 Å². The highest BCUT2D eigenvalue weighted by Gasteiger charge is 2.14. The van der Waals surface area contributed by atoms with Crippen molar-refractivity contribution in [3.63, 3.8) is 0 Å². The van der Waals surface area contributed by atoms with Gasteiger partial charge in [-0.1, -0.05) is 30.3 Å². The average molecular weight is 325 g/mol. The van der Waals surface area contributed by atoms with Crippen molar-refractivity contribution in [2.75, 3.05) is 0 Å². The minimum Gasteiger partial charge on any atom is -0.486 e. The zero-order chi connectivity index (χ0) is 16.9. The molecule has 122 valence electrons. The maximum atomic E-state index is 10.6. The summed E-state index contributed by atoms with van der Waals surface area (Å²) in [6.07, 6.45) is 0. The molecule has 2 aromatic carbocycles. The third-order valence-electron chi connectivity index (χ3n) is 3.41. The molecule has 8 nitrogen and oxygen atoms in total. The summed E-state index contributed by atoms with van der Waals surface area (Å²) >= 11 is 0. The number of hydrogen-bond acceptors (Lipinski definition) is 6. The first-order chi connectivity index (χ1) is 11.6. The summed E-state index contributed by atoms with van der Waals surface area (Å²) < 4.78 is 5.53. The number of nitrogens with one attached hydrogen (secondary N) is 1. The smallest absolute Gasteiger partial charge is 0.269 e. The van der Waals surface area contributed by atoms with Crippen molar-refractivity contribution in [3.8, 4) is 5.75 Å². The first-order valence-electron chi connectivity index (χ1n) is 7.22. The topological polar surface area (TPSA) is 120 Å². The summed E-state index contributed by atoms with van der Waals surface area (Å²) in [5, 5.41) is 17.5. The summed E-state index contributed by atoms with van der Waals surface area (Å²) in [5.74, 6) is 1.50. The molecule has 3 aromatic rings. The molecule has 24 heavy (non-hydrogen) atoms. The second-order valence-corrected chi connectivity index (χ2v) is 5.07. The van der Waals surface area contributed by atoms with Crippen LogP contribution >= 0.6 is 0 Å². The molecule has 1 aromatic heterocycles. The molecule has 1 heterocycles. The van der Waals surface area contributed by atoms with E-state index in [0.29, 0.717) is 17.4 Å². The predicted octanol–water partition coefficient (Wildman–Crippen LogP) is 2.34. The highest BCUT2D eigenvalue weighted by Crippen LogP contribution is 2.19. The van der Waals surface area contributed by atoms with Crippen LogP contribution in [0.25, 0.3) is 0 Å². The van der Waals surface area contributed by atoms with Gasteiger partial charge in [0.15, 0.2) is 11.6 Å². The molecule has 0 unspecified atom stereocenters. The van der Waals surface area contributed by atoms with Gasteiger partial charge < -0.3 is 10.5 Å². The van der Waals surface area contributed by atoms with Gasteiger partial charge in [-0.05, 0) is 17.7 Å². The molecule has 0 saturated heterocycles. The van der Waals surface area contributed by atoms with Crippen LogP contribution in [0.5, 0.6) is 5.75 Å². The number of nitrogens with zero attached hydrogens (tertiary/aromatic N) is 3. The Kier molecular flexibility index (Phi) is 4.48. The highest BCUT2D eigenvalue weighted by molar-refractivity contribution is 5.36. The standard InChI is InChI=1S/C16H15N5O3/c17-15(11-4-2-1-3-5-11)16-18-14(19-20-16)10-24-13-8-6-12(7-9-13)21(22)23/h1-9,15H,10,17H2,(H,18,19,20)/t15-/m1/s1. The molecule has 0 aliphatic carbocycles. The van der Waals surface area contributed by atoms with E-state index in [-0.39, 0.29) is 12.3 Å². The van der Waals surface area contributed by atoms with Gasteiger partial charge in [-0.25, -0.2) is 4.98 Å². The molecule has 0 aliphatic rings. The van der Waals surface area contributed by atoms with Crippen LogP contribution in [0.3, 0.4) is 0 Å². The number of nitro benzene ring substituents is 1. The third kappa shape index (κ3) is 3.55. The van der Waals surface area contributed by atoms with Gasteiger partial charge in [0.05, 0.1) is 11.0 Å². The number of aromatic amines is 1. The predicted molar refractivity (Wildman–Crippen MR) is 86.3 cm³/mol. The number of aromatic nitrogens is 3. The van der Waals surface area contributed by atoms with Crippen molar-refractivity contribution < 1.29 is 9.66 Å². The number of H-pyrrole nitrogens is 1. The summed E-state index contributed by atoms with van der Waals surface area (Å²) in [5.41, 5.74) is 7.06. The van der Waals surface area contributed by atoms with Crippen LogP contribution in [0.4, 0.5) is 5.69 Å². The van der Waals surface area contributed by atoms with E-state index in [1.54, 1.807) is 0 Å². The number of ether oxygens (including phenoxy) is 1. The SMILES string of the molecule is N[C@H](c1ccccc1)c1n[nH]c(COc2ccc([N+](=O)[O-])cc2)n1. The number of non-ortho nitro benzene ring substituents is 1.